The van der Waals surface area contributed by atoms with Gasteiger partial charge in [0.05, 0.1) is 20.4 Å². The fourth-order valence-corrected chi connectivity index (χ4v) is 3.73. The molecule has 1 atom stereocenters. The fourth-order valence-electron chi connectivity index (χ4n) is 1.83. The molecule has 0 aromatic heterocycles. The highest BCUT2D eigenvalue weighted by Gasteiger charge is 2.10. The molecule has 2 nitrogen and oxygen atoms in total. The maximum atomic E-state index is 9.46. The van der Waals surface area contributed by atoms with E-state index in [2.05, 4.69) is 19.6 Å². The number of hydrogen-bond acceptors (Lipinski definition) is 3. The normalized spacial score (nSPS) is 14.6. The molecular formula is C13H28O2SSi. The third-order valence-corrected chi connectivity index (χ3v) is 6.96. The molecule has 1 unspecified atom stereocenters. The Labute approximate surface area is 113 Å². The van der Waals surface area contributed by atoms with Crippen LogP contribution in [0.25, 0.3) is 0 Å². The standard InChI is InChI=1S/C13H28O2SSi/c1-3-4-5-6-7-8-9-10-13(16)17(2)12(15)11-14/h13-16H,3-11H2,1-2H3/b17-12-. The van der Waals surface area contributed by atoms with Gasteiger partial charge in [0.2, 0.25) is 0 Å². The molecule has 2 N–H and O–H groups in total. The molecule has 102 valence electrons. The average molecular weight is 277 g/mol. The van der Waals surface area contributed by atoms with Crippen molar-refractivity contribution < 1.29 is 10.2 Å². The van der Waals surface area contributed by atoms with Crippen molar-refractivity contribution in [3.63, 3.8) is 0 Å². The molecule has 0 aliphatic carbocycles. The molecule has 17 heavy (non-hydrogen) atoms. The maximum absolute atomic E-state index is 9.46. The van der Waals surface area contributed by atoms with Crippen molar-refractivity contribution in [2.75, 3.05) is 6.61 Å². The Balaban J connectivity index is 3.55. The molecule has 0 fully saturated rings. The van der Waals surface area contributed by atoms with Crippen LogP contribution in [0.4, 0.5) is 0 Å². The lowest BCUT2D eigenvalue weighted by Crippen LogP contribution is -2.25. The predicted octanol–water partition coefficient (Wildman–Crippen LogP) is 3.17. The molecule has 0 heterocycles. The lowest BCUT2D eigenvalue weighted by molar-refractivity contribution is 0.331. The summed E-state index contributed by atoms with van der Waals surface area (Å²) in [4.78, 5) is 0.266. The van der Waals surface area contributed by atoms with E-state index in [0.717, 1.165) is 6.42 Å². The van der Waals surface area contributed by atoms with Crippen LogP contribution in [0, 0.1) is 0 Å². The number of unbranched alkanes of at least 4 members (excludes halogenated alkanes) is 6. The average Bonchev–Trinajstić information content (AvgIpc) is 2.35. The molecule has 0 aromatic rings. The third-order valence-electron chi connectivity index (χ3n) is 3.19. The van der Waals surface area contributed by atoms with Gasteiger partial charge in [-0.25, -0.2) is 0 Å². The topological polar surface area (TPSA) is 40.5 Å². The van der Waals surface area contributed by atoms with E-state index in [0.29, 0.717) is 0 Å². The van der Waals surface area contributed by atoms with Crippen LogP contribution in [0.2, 0.25) is 6.55 Å². The molecule has 0 rings (SSSR count). The first-order valence-electron chi connectivity index (χ1n) is 6.81. The van der Waals surface area contributed by atoms with E-state index >= 15 is 0 Å². The van der Waals surface area contributed by atoms with Crippen molar-refractivity contribution in [2.24, 2.45) is 0 Å². The minimum atomic E-state index is -1.01. The molecule has 0 saturated carbocycles. The molecule has 0 bridgehead atoms. The molecule has 0 amide bonds. The van der Waals surface area contributed by atoms with Gasteiger partial charge in [0.1, 0.15) is 0 Å². The Hall–Kier alpha value is 0.197. The van der Waals surface area contributed by atoms with Gasteiger partial charge in [-0.3, -0.25) is 0 Å². The minimum absolute atomic E-state index is 0.196. The quantitative estimate of drug-likeness (QED) is 0.326. The lowest BCUT2D eigenvalue weighted by Gasteiger charge is -2.11. The molecule has 0 aromatic carbocycles. The van der Waals surface area contributed by atoms with Crippen LogP contribution in [0.5, 0.6) is 0 Å². The van der Waals surface area contributed by atoms with Gasteiger partial charge in [-0.15, -0.1) is 0 Å². The van der Waals surface area contributed by atoms with Gasteiger partial charge < -0.3 is 10.2 Å². The Morgan fingerprint density at radius 1 is 1.12 bits per heavy atom. The lowest BCUT2D eigenvalue weighted by atomic mass is 10.1. The van der Waals surface area contributed by atoms with Gasteiger partial charge >= 0.3 is 0 Å². The van der Waals surface area contributed by atoms with Crippen LogP contribution in [0.1, 0.15) is 58.3 Å². The van der Waals surface area contributed by atoms with Crippen LogP contribution in [0.15, 0.2) is 0 Å². The Morgan fingerprint density at radius 2 is 1.65 bits per heavy atom. The monoisotopic (exact) mass is 276 g/mol. The van der Waals surface area contributed by atoms with Gasteiger partial charge in [-0.2, -0.15) is 12.6 Å². The zero-order chi connectivity index (χ0) is 13.1. The highest BCUT2D eigenvalue weighted by atomic mass is 32.1. The molecule has 0 radical (unpaired) electrons. The van der Waals surface area contributed by atoms with Crippen LogP contribution in [0.3, 0.4) is 0 Å². The number of aliphatic hydroxyl groups excluding tert-OH is 2. The Morgan fingerprint density at radius 3 is 2.18 bits per heavy atom. The SMILES string of the molecule is CCCCCCCCCC(S)/[Si](C)=C(\O)CO. The third kappa shape index (κ3) is 8.86. The first-order valence-corrected chi connectivity index (χ1v) is 9.40. The molecule has 4 heteroatoms. The van der Waals surface area contributed by atoms with Crippen LogP contribution < -0.4 is 0 Å². The van der Waals surface area contributed by atoms with Crippen LogP contribution in [-0.2, 0) is 0 Å². The summed E-state index contributed by atoms with van der Waals surface area (Å²) in [6, 6.07) is 0. The van der Waals surface area contributed by atoms with Crippen LogP contribution in [-0.4, -0.2) is 35.5 Å². The van der Waals surface area contributed by atoms with E-state index in [-0.39, 0.29) is 16.8 Å². The minimum Gasteiger partial charge on any atom is -0.516 e. The molecule has 0 aliphatic heterocycles. The number of thiol groups is 1. The number of hydrogen-bond donors (Lipinski definition) is 3. The summed E-state index contributed by atoms with van der Waals surface area (Å²) in [5, 5.41) is 18.6. The van der Waals surface area contributed by atoms with Crippen molar-refractivity contribution in [1.29, 1.82) is 0 Å². The van der Waals surface area contributed by atoms with E-state index in [1.54, 1.807) is 0 Å². The fraction of sp³-hybridized carbons (Fsp3) is 0.923. The van der Waals surface area contributed by atoms with Gasteiger partial charge in [0.25, 0.3) is 0 Å². The van der Waals surface area contributed by atoms with Gasteiger partial charge in [0, 0.05) is 4.87 Å². The van der Waals surface area contributed by atoms with E-state index in [4.69, 9.17) is 5.11 Å². The number of rotatable bonds is 10. The van der Waals surface area contributed by atoms with Crippen LogP contribution >= 0.6 is 12.6 Å². The second kappa shape index (κ2) is 11.3. The summed E-state index contributed by atoms with van der Waals surface area (Å²) in [6.45, 7) is 4.06. The molecule has 0 aliphatic rings. The number of aliphatic hydroxyl groups is 2. The van der Waals surface area contributed by atoms with E-state index in [1.165, 1.54) is 44.9 Å². The summed E-state index contributed by atoms with van der Waals surface area (Å²) in [5.74, 6) is 0. The molecule has 0 saturated heterocycles. The van der Waals surface area contributed by atoms with E-state index in [1.807, 2.05) is 6.55 Å². The summed E-state index contributed by atoms with van der Waals surface area (Å²) < 4.78 is 0. The van der Waals surface area contributed by atoms with E-state index in [9.17, 15) is 5.11 Å². The smallest absolute Gasteiger partial charge is 0.0947 e. The van der Waals surface area contributed by atoms with Crippen molar-refractivity contribution in [3.8, 4) is 0 Å². The second-order valence-electron chi connectivity index (χ2n) is 4.71. The first kappa shape index (κ1) is 17.2. The Bertz CT molecular complexity index is 219. The predicted molar refractivity (Wildman–Crippen MR) is 81.0 cm³/mol. The van der Waals surface area contributed by atoms with E-state index < -0.39 is 8.41 Å². The zero-order valence-electron chi connectivity index (χ0n) is 11.3. The maximum Gasteiger partial charge on any atom is 0.0947 e. The van der Waals surface area contributed by atoms with Crippen molar-refractivity contribution >= 4 is 26.4 Å². The van der Waals surface area contributed by atoms with Crippen molar-refractivity contribution in [3.05, 3.63) is 0 Å². The van der Waals surface area contributed by atoms with Crippen molar-refractivity contribution in [1.82, 2.24) is 0 Å². The largest absolute Gasteiger partial charge is 0.516 e. The van der Waals surface area contributed by atoms with Gasteiger partial charge in [0.15, 0.2) is 0 Å². The molecule has 0 spiro atoms. The second-order valence-corrected chi connectivity index (χ2v) is 8.46. The highest BCUT2D eigenvalue weighted by molar-refractivity contribution is 7.82. The summed E-state index contributed by atoms with van der Waals surface area (Å²) in [7, 11) is -1.01. The zero-order valence-corrected chi connectivity index (χ0v) is 13.2. The first-order chi connectivity index (χ1) is 8.13. The van der Waals surface area contributed by atoms with Gasteiger partial charge in [-0.1, -0.05) is 58.4 Å². The van der Waals surface area contributed by atoms with Gasteiger partial charge in [-0.05, 0) is 6.42 Å². The Kier molecular flexibility index (Phi) is 11.4. The summed E-state index contributed by atoms with van der Waals surface area (Å²) in [5.41, 5.74) is 0. The van der Waals surface area contributed by atoms with Crippen molar-refractivity contribution in [2.45, 2.75) is 69.7 Å². The molecular weight excluding hydrogens is 248 g/mol. The highest BCUT2D eigenvalue weighted by Crippen LogP contribution is 2.12. The summed E-state index contributed by atoms with van der Waals surface area (Å²) >= 11 is 4.53. The summed E-state index contributed by atoms with van der Waals surface area (Å²) in [6.07, 6.45) is 10.2.